The molecule has 2 rings (SSSR count). The van der Waals surface area contributed by atoms with Crippen LogP contribution in [-0.4, -0.2) is 60.4 Å². The van der Waals surface area contributed by atoms with Gasteiger partial charge in [0.1, 0.15) is 24.4 Å². The Morgan fingerprint density at radius 2 is 1.88 bits per heavy atom. The van der Waals surface area contributed by atoms with Gasteiger partial charge in [0.05, 0.1) is 6.61 Å². The maximum Gasteiger partial charge on any atom is 0.186 e. The Balaban J connectivity index is 2.18. The molecular formula is C10H18O6. The number of methoxy groups -OCH3 is 1. The van der Waals surface area contributed by atoms with Crippen molar-refractivity contribution in [2.75, 3.05) is 13.7 Å². The zero-order valence-corrected chi connectivity index (χ0v) is 9.62. The first-order chi connectivity index (χ1) is 7.48. The SMILES string of the molecule is CO[C@H]1O[C@@H](CO)[C@H](O)[C@@H]2OC(C)(C)O[C@@H]12. The van der Waals surface area contributed by atoms with E-state index in [0.29, 0.717) is 0 Å². The van der Waals surface area contributed by atoms with Crippen LogP contribution < -0.4 is 0 Å². The molecule has 2 N–H and O–H groups in total. The molecule has 2 aliphatic heterocycles. The molecule has 6 nitrogen and oxygen atoms in total. The fraction of sp³-hybridized carbons (Fsp3) is 1.00. The van der Waals surface area contributed by atoms with Crippen LogP contribution in [0.3, 0.4) is 0 Å². The third-order valence-electron chi connectivity index (χ3n) is 2.87. The van der Waals surface area contributed by atoms with Gasteiger partial charge in [-0.1, -0.05) is 0 Å². The molecule has 6 heteroatoms. The molecule has 16 heavy (non-hydrogen) atoms. The molecule has 2 aliphatic rings. The lowest BCUT2D eigenvalue weighted by Crippen LogP contribution is -2.57. The number of ether oxygens (including phenoxy) is 4. The van der Waals surface area contributed by atoms with Crippen molar-refractivity contribution in [3.05, 3.63) is 0 Å². The van der Waals surface area contributed by atoms with Gasteiger partial charge in [0, 0.05) is 7.11 Å². The molecule has 0 bridgehead atoms. The number of hydrogen-bond acceptors (Lipinski definition) is 6. The second kappa shape index (κ2) is 4.21. The van der Waals surface area contributed by atoms with Gasteiger partial charge in [-0.25, -0.2) is 0 Å². The molecule has 0 aliphatic carbocycles. The predicted molar refractivity (Wildman–Crippen MR) is 52.6 cm³/mol. The van der Waals surface area contributed by atoms with Crippen molar-refractivity contribution in [2.24, 2.45) is 0 Å². The summed E-state index contributed by atoms with van der Waals surface area (Å²) in [6, 6.07) is 0. The summed E-state index contributed by atoms with van der Waals surface area (Å²) in [6.07, 6.45) is -3.26. The van der Waals surface area contributed by atoms with Crippen molar-refractivity contribution in [3.63, 3.8) is 0 Å². The fourth-order valence-electron chi connectivity index (χ4n) is 2.17. The van der Waals surface area contributed by atoms with E-state index in [9.17, 15) is 5.11 Å². The molecule has 94 valence electrons. The number of fused-ring (bicyclic) bond motifs is 1. The number of aliphatic hydroxyl groups is 2. The van der Waals surface area contributed by atoms with Gasteiger partial charge < -0.3 is 29.2 Å². The van der Waals surface area contributed by atoms with E-state index in [1.165, 1.54) is 7.11 Å². The van der Waals surface area contributed by atoms with Crippen LogP contribution >= 0.6 is 0 Å². The Bertz CT molecular complexity index is 256. The second-order valence-electron chi connectivity index (χ2n) is 4.52. The zero-order valence-electron chi connectivity index (χ0n) is 9.62. The highest BCUT2D eigenvalue weighted by molar-refractivity contribution is 4.95. The van der Waals surface area contributed by atoms with E-state index in [0.717, 1.165) is 0 Å². The molecule has 0 aromatic carbocycles. The van der Waals surface area contributed by atoms with Gasteiger partial charge in [0.25, 0.3) is 0 Å². The van der Waals surface area contributed by atoms with Crippen molar-refractivity contribution in [3.8, 4) is 0 Å². The Kier molecular flexibility index (Phi) is 3.22. The molecule has 0 aromatic heterocycles. The minimum absolute atomic E-state index is 0.284. The van der Waals surface area contributed by atoms with Gasteiger partial charge in [-0.15, -0.1) is 0 Å². The molecule has 2 fully saturated rings. The maximum atomic E-state index is 9.94. The first-order valence-corrected chi connectivity index (χ1v) is 5.31. The Morgan fingerprint density at radius 3 is 2.44 bits per heavy atom. The number of rotatable bonds is 2. The van der Waals surface area contributed by atoms with Crippen molar-refractivity contribution in [1.29, 1.82) is 0 Å². The Labute approximate surface area is 94.1 Å². The van der Waals surface area contributed by atoms with Crippen LogP contribution in [-0.2, 0) is 18.9 Å². The molecule has 0 spiro atoms. The van der Waals surface area contributed by atoms with Crippen molar-refractivity contribution in [1.82, 2.24) is 0 Å². The summed E-state index contributed by atoms with van der Waals surface area (Å²) in [7, 11) is 1.49. The first kappa shape index (κ1) is 12.2. The van der Waals surface area contributed by atoms with Crippen molar-refractivity contribution < 1.29 is 29.2 Å². The lowest BCUT2D eigenvalue weighted by Gasteiger charge is -2.38. The second-order valence-corrected chi connectivity index (χ2v) is 4.52. The number of hydrogen-bond donors (Lipinski definition) is 2. The summed E-state index contributed by atoms with van der Waals surface area (Å²) in [6.45, 7) is 3.24. The van der Waals surface area contributed by atoms with E-state index >= 15 is 0 Å². The van der Waals surface area contributed by atoms with Crippen LogP contribution in [0.1, 0.15) is 13.8 Å². The van der Waals surface area contributed by atoms with Crippen LogP contribution in [0.5, 0.6) is 0 Å². The molecule has 0 amide bonds. The van der Waals surface area contributed by atoms with Gasteiger partial charge in [-0.05, 0) is 13.8 Å². The average molecular weight is 234 g/mol. The minimum atomic E-state index is -0.914. The quantitative estimate of drug-likeness (QED) is 0.653. The fourth-order valence-corrected chi connectivity index (χ4v) is 2.17. The molecule has 2 saturated heterocycles. The lowest BCUT2D eigenvalue weighted by molar-refractivity contribution is -0.272. The third kappa shape index (κ3) is 1.97. The average Bonchev–Trinajstić information content (AvgIpc) is 2.55. The van der Waals surface area contributed by atoms with E-state index < -0.39 is 36.5 Å². The Morgan fingerprint density at radius 1 is 1.25 bits per heavy atom. The summed E-state index contributed by atoms with van der Waals surface area (Å²) < 4.78 is 21.7. The summed E-state index contributed by atoms with van der Waals surface area (Å²) >= 11 is 0. The summed E-state index contributed by atoms with van der Waals surface area (Å²) in [5, 5.41) is 19.0. The van der Waals surface area contributed by atoms with E-state index in [1.807, 2.05) is 0 Å². The van der Waals surface area contributed by atoms with Crippen LogP contribution in [0.25, 0.3) is 0 Å². The number of aliphatic hydroxyl groups excluding tert-OH is 2. The smallest absolute Gasteiger partial charge is 0.186 e. The van der Waals surface area contributed by atoms with E-state index in [4.69, 9.17) is 24.1 Å². The summed E-state index contributed by atoms with van der Waals surface area (Å²) in [5.74, 6) is -0.777. The molecule has 0 aromatic rings. The standard InChI is InChI=1S/C10H18O6/c1-10(2)15-7-6(12)5(4-11)14-9(13-3)8(7)16-10/h5-9,11-12H,4H2,1-3H3/t5-,6-,7-,8+,9-/m0/s1. The van der Waals surface area contributed by atoms with E-state index in [2.05, 4.69) is 0 Å². The topological polar surface area (TPSA) is 77.4 Å². The van der Waals surface area contributed by atoms with Gasteiger partial charge >= 0.3 is 0 Å². The van der Waals surface area contributed by atoms with Gasteiger partial charge in [-0.2, -0.15) is 0 Å². The van der Waals surface area contributed by atoms with Gasteiger partial charge in [0.15, 0.2) is 12.1 Å². The molecule has 2 heterocycles. The summed E-state index contributed by atoms with van der Waals surface area (Å²) in [5.41, 5.74) is 0. The van der Waals surface area contributed by atoms with Gasteiger partial charge in [-0.3, -0.25) is 0 Å². The van der Waals surface area contributed by atoms with Gasteiger partial charge in [0.2, 0.25) is 0 Å². The monoisotopic (exact) mass is 234 g/mol. The molecule has 0 radical (unpaired) electrons. The van der Waals surface area contributed by atoms with Crippen molar-refractivity contribution >= 4 is 0 Å². The van der Waals surface area contributed by atoms with Crippen LogP contribution in [0.15, 0.2) is 0 Å². The molecule has 5 atom stereocenters. The highest BCUT2D eigenvalue weighted by Gasteiger charge is 2.54. The molecule has 0 saturated carbocycles. The highest BCUT2D eigenvalue weighted by Crippen LogP contribution is 2.37. The third-order valence-corrected chi connectivity index (χ3v) is 2.87. The highest BCUT2D eigenvalue weighted by atomic mass is 16.8. The normalized spacial score (nSPS) is 46.7. The molecule has 0 unspecified atom stereocenters. The van der Waals surface area contributed by atoms with E-state index in [-0.39, 0.29) is 6.61 Å². The van der Waals surface area contributed by atoms with Crippen molar-refractivity contribution in [2.45, 2.75) is 50.3 Å². The minimum Gasteiger partial charge on any atom is -0.394 e. The van der Waals surface area contributed by atoms with Crippen LogP contribution in [0.4, 0.5) is 0 Å². The van der Waals surface area contributed by atoms with E-state index in [1.54, 1.807) is 13.8 Å². The predicted octanol–water partition coefficient (Wildman–Crippen LogP) is -0.769. The lowest BCUT2D eigenvalue weighted by atomic mass is 9.99. The van der Waals surface area contributed by atoms with Crippen LogP contribution in [0, 0.1) is 0 Å². The first-order valence-electron chi connectivity index (χ1n) is 5.31. The Hall–Kier alpha value is -0.240. The summed E-state index contributed by atoms with van der Waals surface area (Å²) in [4.78, 5) is 0. The zero-order chi connectivity index (χ0) is 11.9. The maximum absolute atomic E-state index is 9.94. The molecular weight excluding hydrogens is 216 g/mol. The largest absolute Gasteiger partial charge is 0.394 e. The van der Waals surface area contributed by atoms with Crippen LogP contribution in [0.2, 0.25) is 0 Å².